The summed E-state index contributed by atoms with van der Waals surface area (Å²) in [6, 6.07) is 10.2. The van der Waals surface area contributed by atoms with Crippen molar-refractivity contribution in [1.82, 2.24) is 0 Å². The number of hydrogen-bond donors (Lipinski definition) is 1. The van der Waals surface area contributed by atoms with Crippen LogP contribution in [0, 0.1) is 5.82 Å². The molecule has 0 fully saturated rings. The van der Waals surface area contributed by atoms with Crippen LogP contribution in [0.2, 0.25) is 5.02 Å². The molecule has 0 atom stereocenters. The highest BCUT2D eigenvalue weighted by Gasteiger charge is 2.14. The molecule has 2 rings (SSSR count). The first kappa shape index (κ1) is 17.1. The second-order valence-corrected chi connectivity index (χ2v) is 7.14. The Morgan fingerprint density at radius 3 is 2.36 bits per heavy atom. The smallest absolute Gasteiger partial charge is 0.261 e. The van der Waals surface area contributed by atoms with Crippen molar-refractivity contribution in [3.63, 3.8) is 0 Å². The van der Waals surface area contributed by atoms with E-state index < -0.39 is 15.8 Å². The first-order valence-corrected chi connectivity index (χ1v) is 8.95. The minimum atomic E-state index is -3.74. The molecule has 1 N–H and O–H groups in total. The molecule has 7 heteroatoms. The Bertz CT molecular complexity index is 749. The molecule has 0 spiro atoms. The van der Waals surface area contributed by atoms with Crippen LogP contribution in [0.1, 0.15) is 12.0 Å². The van der Waals surface area contributed by atoms with E-state index in [1.54, 1.807) is 12.1 Å². The number of alkyl halides is 1. The van der Waals surface area contributed by atoms with Gasteiger partial charge in [-0.05, 0) is 48.7 Å². The molecule has 2 aromatic carbocycles. The third-order valence-electron chi connectivity index (χ3n) is 3.00. The van der Waals surface area contributed by atoms with Crippen molar-refractivity contribution in [3.8, 4) is 0 Å². The van der Waals surface area contributed by atoms with Gasteiger partial charge < -0.3 is 0 Å². The molecule has 22 heavy (non-hydrogen) atoms. The van der Waals surface area contributed by atoms with E-state index in [-0.39, 0.29) is 15.6 Å². The fourth-order valence-corrected chi connectivity index (χ4v) is 3.24. The quantitative estimate of drug-likeness (QED) is 0.772. The number of halogens is 3. The summed E-state index contributed by atoms with van der Waals surface area (Å²) < 4.78 is 40.0. The monoisotopic (exact) mass is 361 g/mol. The van der Waals surface area contributed by atoms with E-state index in [0.29, 0.717) is 5.88 Å². The van der Waals surface area contributed by atoms with Crippen molar-refractivity contribution in [2.24, 2.45) is 0 Å². The number of rotatable bonds is 6. The molecule has 0 aliphatic carbocycles. The zero-order chi connectivity index (χ0) is 16.2. The molecular formula is C15H14Cl2FNO2S. The normalized spacial score (nSPS) is 11.4. The van der Waals surface area contributed by atoms with Crippen molar-refractivity contribution in [3.05, 3.63) is 58.9 Å². The molecule has 0 amide bonds. The summed E-state index contributed by atoms with van der Waals surface area (Å²) in [5.41, 5.74) is 1.22. The third-order valence-corrected chi connectivity index (χ3v) is 4.96. The Morgan fingerprint density at radius 2 is 1.77 bits per heavy atom. The zero-order valence-corrected chi connectivity index (χ0v) is 13.8. The van der Waals surface area contributed by atoms with Crippen LogP contribution in [-0.2, 0) is 16.4 Å². The van der Waals surface area contributed by atoms with Crippen LogP contribution in [0.3, 0.4) is 0 Å². The molecule has 0 unspecified atom stereocenters. The Labute approximate surface area is 139 Å². The highest BCUT2D eigenvalue weighted by Crippen LogP contribution is 2.22. The molecule has 3 nitrogen and oxygen atoms in total. The summed E-state index contributed by atoms with van der Waals surface area (Å²) in [6.07, 6.45) is 1.63. The number of benzene rings is 2. The number of anilines is 1. The molecule has 0 heterocycles. The molecule has 0 aliphatic rings. The molecule has 118 valence electrons. The summed E-state index contributed by atoms with van der Waals surface area (Å²) >= 11 is 11.3. The van der Waals surface area contributed by atoms with Gasteiger partial charge in [-0.1, -0.05) is 23.7 Å². The van der Waals surface area contributed by atoms with E-state index in [4.69, 9.17) is 23.2 Å². The first-order valence-electron chi connectivity index (χ1n) is 6.55. The van der Waals surface area contributed by atoms with Gasteiger partial charge in [0.05, 0.1) is 15.6 Å². The Morgan fingerprint density at radius 1 is 1.09 bits per heavy atom. The Kier molecular flexibility index (Phi) is 5.67. The van der Waals surface area contributed by atoms with Crippen LogP contribution in [-0.4, -0.2) is 14.3 Å². The Hall–Kier alpha value is -1.30. The second-order valence-electron chi connectivity index (χ2n) is 4.67. The summed E-state index contributed by atoms with van der Waals surface area (Å²) in [5, 5.41) is -0.142. The lowest BCUT2D eigenvalue weighted by Gasteiger charge is -2.09. The van der Waals surface area contributed by atoms with Crippen molar-refractivity contribution in [2.75, 3.05) is 10.6 Å². The van der Waals surface area contributed by atoms with Gasteiger partial charge in [0.2, 0.25) is 0 Å². The average molecular weight is 362 g/mol. The maximum atomic E-state index is 13.1. The number of nitrogens with one attached hydrogen (secondary N) is 1. The first-order chi connectivity index (χ1) is 10.4. The van der Waals surface area contributed by atoms with Gasteiger partial charge in [-0.25, -0.2) is 12.8 Å². The molecular weight excluding hydrogens is 348 g/mol. The van der Waals surface area contributed by atoms with E-state index in [2.05, 4.69) is 4.72 Å². The van der Waals surface area contributed by atoms with E-state index >= 15 is 0 Å². The average Bonchev–Trinajstić information content (AvgIpc) is 2.49. The fraction of sp³-hybridized carbons (Fsp3) is 0.200. The van der Waals surface area contributed by atoms with Crippen LogP contribution < -0.4 is 4.72 Å². The van der Waals surface area contributed by atoms with Crippen LogP contribution in [0.25, 0.3) is 0 Å². The molecule has 0 saturated heterocycles. The third kappa shape index (κ3) is 4.35. The largest absolute Gasteiger partial charge is 0.280 e. The molecule has 0 saturated carbocycles. The number of aryl methyl sites for hydroxylation is 1. The van der Waals surface area contributed by atoms with E-state index in [0.717, 1.165) is 24.5 Å². The molecule has 0 aromatic heterocycles. The molecule has 0 aliphatic heterocycles. The van der Waals surface area contributed by atoms with Gasteiger partial charge in [0, 0.05) is 5.88 Å². The van der Waals surface area contributed by atoms with Crippen LogP contribution in [0.15, 0.2) is 47.4 Å². The highest BCUT2D eigenvalue weighted by atomic mass is 35.5. The van der Waals surface area contributed by atoms with Gasteiger partial charge in [0.1, 0.15) is 5.82 Å². The van der Waals surface area contributed by atoms with Crippen molar-refractivity contribution >= 4 is 38.9 Å². The van der Waals surface area contributed by atoms with E-state index in [1.807, 2.05) is 0 Å². The lowest BCUT2D eigenvalue weighted by atomic mass is 10.1. The summed E-state index contributed by atoms with van der Waals surface area (Å²) in [6.45, 7) is 0. The second kappa shape index (κ2) is 7.31. The highest BCUT2D eigenvalue weighted by molar-refractivity contribution is 7.92. The van der Waals surface area contributed by atoms with Gasteiger partial charge in [0.25, 0.3) is 10.0 Å². The molecule has 2 aromatic rings. The van der Waals surface area contributed by atoms with Crippen molar-refractivity contribution in [2.45, 2.75) is 17.7 Å². The van der Waals surface area contributed by atoms with Crippen LogP contribution in [0.4, 0.5) is 10.1 Å². The SMILES string of the molecule is O=S(=O)(Nc1ccc(F)c(Cl)c1)c1ccc(CCCCl)cc1. The summed E-state index contributed by atoms with van der Waals surface area (Å²) in [7, 11) is -3.74. The lowest BCUT2D eigenvalue weighted by molar-refractivity contribution is 0.601. The maximum absolute atomic E-state index is 13.1. The van der Waals surface area contributed by atoms with Crippen molar-refractivity contribution in [1.29, 1.82) is 0 Å². The molecule has 0 bridgehead atoms. The van der Waals surface area contributed by atoms with Crippen molar-refractivity contribution < 1.29 is 12.8 Å². The fourth-order valence-electron chi connectivity index (χ4n) is 1.88. The van der Waals surface area contributed by atoms with Gasteiger partial charge in [-0.2, -0.15) is 0 Å². The topological polar surface area (TPSA) is 46.2 Å². The van der Waals surface area contributed by atoms with Gasteiger partial charge in [-0.15, -0.1) is 11.6 Å². The number of hydrogen-bond acceptors (Lipinski definition) is 2. The standard InChI is InChI=1S/C15H14Cl2FNO2S/c16-9-1-2-11-3-6-13(7-4-11)22(20,21)19-12-5-8-15(18)14(17)10-12/h3-8,10,19H,1-2,9H2. The van der Waals surface area contributed by atoms with Gasteiger partial charge in [0.15, 0.2) is 0 Å². The predicted molar refractivity (Wildman–Crippen MR) is 87.7 cm³/mol. The summed E-state index contributed by atoms with van der Waals surface area (Å²) in [5.74, 6) is -0.0410. The van der Waals surface area contributed by atoms with Gasteiger partial charge >= 0.3 is 0 Å². The summed E-state index contributed by atoms with van der Waals surface area (Å²) in [4.78, 5) is 0.127. The van der Waals surface area contributed by atoms with Crippen LogP contribution >= 0.6 is 23.2 Å². The maximum Gasteiger partial charge on any atom is 0.261 e. The van der Waals surface area contributed by atoms with E-state index in [9.17, 15) is 12.8 Å². The lowest BCUT2D eigenvalue weighted by Crippen LogP contribution is -2.13. The van der Waals surface area contributed by atoms with Gasteiger partial charge in [-0.3, -0.25) is 4.72 Å². The zero-order valence-electron chi connectivity index (χ0n) is 11.5. The number of sulfonamides is 1. The molecule has 0 radical (unpaired) electrons. The Balaban J connectivity index is 2.17. The van der Waals surface area contributed by atoms with Crippen LogP contribution in [0.5, 0.6) is 0 Å². The minimum absolute atomic E-state index is 0.127. The predicted octanol–water partition coefficient (Wildman–Crippen LogP) is 4.45. The van der Waals surface area contributed by atoms with E-state index in [1.165, 1.54) is 24.3 Å². The minimum Gasteiger partial charge on any atom is -0.280 e.